The molecule has 0 saturated carbocycles. The molecule has 9 heavy (non-hydrogen) atoms. The van der Waals surface area contributed by atoms with Gasteiger partial charge in [0.1, 0.15) is 0 Å². The minimum atomic E-state index is 0.500. The number of nitrogens with zero attached hydrogens (tertiary/aromatic N) is 1. The first-order chi connectivity index (χ1) is 4.30. The van der Waals surface area contributed by atoms with E-state index in [4.69, 9.17) is 0 Å². The minimum absolute atomic E-state index is 0.500. The van der Waals surface area contributed by atoms with Crippen LogP contribution in [0.15, 0.2) is 4.99 Å². The quantitative estimate of drug-likeness (QED) is 0.507. The normalized spacial score (nSPS) is 36.2. The Bertz CT molecular complexity index is 109. The molecular formula is C7H14N2. The highest BCUT2D eigenvalue weighted by molar-refractivity contribution is 5.60. The Morgan fingerprint density at radius 3 is 3.11 bits per heavy atom. The van der Waals surface area contributed by atoms with Gasteiger partial charge in [0.2, 0.25) is 0 Å². The molecule has 0 spiro atoms. The van der Waals surface area contributed by atoms with Gasteiger partial charge >= 0.3 is 0 Å². The summed E-state index contributed by atoms with van der Waals surface area (Å²) in [5.74, 6) is 0.684. The van der Waals surface area contributed by atoms with Crippen LogP contribution in [0.25, 0.3) is 0 Å². The number of nitrogens with one attached hydrogen (secondary N) is 1. The maximum Gasteiger partial charge on any atom is 0.0505 e. The predicted octanol–water partition coefficient (Wildman–Crippen LogP) is 0.685. The van der Waals surface area contributed by atoms with Crippen LogP contribution in [0.2, 0.25) is 0 Å². The zero-order valence-corrected chi connectivity index (χ0v) is 6.09. The molecule has 0 fully saturated rings. The van der Waals surface area contributed by atoms with Gasteiger partial charge in [-0.1, -0.05) is 6.92 Å². The average Bonchev–Trinajstić information content (AvgIpc) is 1.99. The van der Waals surface area contributed by atoms with Crippen LogP contribution in [0.1, 0.15) is 13.8 Å². The lowest BCUT2D eigenvalue weighted by Gasteiger charge is -2.11. The van der Waals surface area contributed by atoms with Crippen molar-refractivity contribution in [2.75, 3.05) is 13.1 Å². The highest BCUT2D eigenvalue weighted by Crippen LogP contribution is 2.05. The highest BCUT2D eigenvalue weighted by atomic mass is 14.9. The van der Waals surface area contributed by atoms with Crippen molar-refractivity contribution < 1.29 is 0 Å². The molecule has 0 amide bonds. The standard InChI is InChI=1S/C7H14N2/c1-6-5-8-3-4-9-7(6)2/h4,6-8H,3,5H2,1-2H3. The lowest BCUT2D eigenvalue weighted by Crippen LogP contribution is -2.24. The van der Waals surface area contributed by atoms with Gasteiger partial charge in [-0.15, -0.1) is 0 Å². The summed E-state index contributed by atoms with van der Waals surface area (Å²) in [6.07, 6.45) is 1.97. The van der Waals surface area contributed by atoms with Crippen molar-refractivity contribution in [3.63, 3.8) is 0 Å². The molecule has 0 aromatic heterocycles. The van der Waals surface area contributed by atoms with E-state index < -0.39 is 0 Å². The summed E-state index contributed by atoms with van der Waals surface area (Å²) in [5.41, 5.74) is 0. The van der Waals surface area contributed by atoms with E-state index in [-0.39, 0.29) is 0 Å². The maximum absolute atomic E-state index is 4.32. The molecule has 0 saturated heterocycles. The largest absolute Gasteiger partial charge is 0.311 e. The van der Waals surface area contributed by atoms with Gasteiger partial charge < -0.3 is 5.32 Å². The van der Waals surface area contributed by atoms with Gasteiger partial charge in [0.05, 0.1) is 6.04 Å². The van der Waals surface area contributed by atoms with Crippen LogP contribution >= 0.6 is 0 Å². The number of hydrogen-bond acceptors (Lipinski definition) is 2. The van der Waals surface area contributed by atoms with Crippen LogP contribution in [0, 0.1) is 5.92 Å². The summed E-state index contributed by atoms with van der Waals surface area (Å²) in [7, 11) is 0. The van der Waals surface area contributed by atoms with Crippen LogP contribution in [0.5, 0.6) is 0 Å². The first kappa shape index (κ1) is 6.75. The lowest BCUT2D eigenvalue weighted by atomic mass is 10.1. The topological polar surface area (TPSA) is 24.4 Å². The molecule has 1 aliphatic heterocycles. The van der Waals surface area contributed by atoms with E-state index in [1.807, 2.05) is 6.21 Å². The van der Waals surface area contributed by atoms with E-state index in [0.717, 1.165) is 13.1 Å². The van der Waals surface area contributed by atoms with Gasteiger partial charge in [0.15, 0.2) is 0 Å². The van der Waals surface area contributed by atoms with Crippen LogP contribution in [0.3, 0.4) is 0 Å². The molecule has 0 radical (unpaired) electrons. The molecule has 1 N–H and O–H groups in total. The van der Waals surface area contributed by atoms with Crippen molar-refractivity contribution in [3.05, 3.63) is 0 Å². The van der Waals surface area contributed by atoms with Crippen molar-refractivity contribution in [2.24, 2.45) is 10.9 Å². The van der Waals surface area contributed by atoms with Gasteiger partial charge in [-0.3, -0.25) is 4.99 Å². The zero-order chi connectivity index (χ0) is 6.69. The molecule has 0 bridgehead atoms. The van der Waals surface area contributed by atoms with Crippen molar-refractivity contribution in [1.29, 1.82) is 0 Å². The van der Waals surface area contributed by atoms with Gasteiger partial charge in [0.25, 0.3) is 0 Å². The summed E-state index contributed by atoms with van der Waals surface area (Å²) in [5, 5.41) is 3.28. The molecule has 0 aromatic rings. The molecule has 52 valence electrons. The van der Waals surface area contributed by atoms with E-state index >= 15 is 0 Å². The Labute approximate surface area is 56.4 Å². The number of hydrogen-bond donors (Lipinski definition) is 1. The van der Waals surface area contributed by atoms with E-state index in [1.165, 1.54) is 0 Å². The Balaban J connectivity index is 2.46. The Morgan fingerprint density at radius 2 is 2.33 bits per heavy atom. The molecule has 2 unspecified atom stereocenters. The summed E-state index contributed by atoms with van der Waals surface area (Å²) in [6.45, 7) is 6.42. The van der Waals surface area contributed by atoms with Crippen LogP contribution in [-0.4, -0.2) is 25.3 Å². The third kappa shape index (κ3) is 1.79. The summed E-state index contributed by atoms with van der Waals surface area (Å²) in [4.78, 5) is 4.32. The first-order valence-electron chi connectivity index (χ1n) is 3.53. The summed E-state index contributed by atoms with van der Waals surface area (Å²) < 4.78 is 0. The number of rotatable bonds is 0. The van der Waals surface area contributed by atoms with Crippen molar-refractivity contribution in [3.8, 4) is 0 Å². The molecule has 0 aliphatic carbocycles. The molecule has 1 aliphatic rings. The molecule has 2 heteroatoms. The van der Waals surface area contributed by atoms with E-state index in [9.17, 15) is 0 Å². The van der Waals surface area contributed by atoms with E-state index in [0.29, 0.717) is 12.0 Å². The Kier molecular flexibility index (Phi) is 2.22. The van der Waals surface area contributed by atoms with Crippen LogP contribution in [0.4, 0.5) is 0 Å². The Morgan fingerprint density at radius 1 is 1.56 bits per heavy atom. The fourth-order valence-corrected chi connectivity index (χ4v) is 0.912. The minimum Gasteiger partial charge on any atom is -0.311 e. The van der Waals surface area contributed by atoms with Crippen molar-refractivity contribution in [2.45, 2.75) is 19.9 Å². The SMILES string of the molecule is CC1CNCC=NC1C. The van der Waals surface area contributed by atoms with Crippen molar-refractivity contribution >= 4 is 6.21 Å². The fraction of sp³-hybridized carbons (Fsp3) is 0.857. The number of aliphatic imine (C=N–C) groups is 1. The van der Waals surface area contributed by atoms with Crippen molar-refractivity contribution in [1.82, 2.24) is 5.32 Å². The third-order valence-corrected chi connectivity index (χ3v) is 1.87. The summed E-state index contributed by atoms with van der Waals surface area (Å²) in [6, 6.07) is 0.500. The zero-order valence-electron chi connectivity index (χ0n) is 6.09. The molecule has 2 atom stereocenters. The summed E-state index contributed by atoms with van der Waals surface area (Å²) >= 11 is 0. The molecule has 2 nitrogen and oxygen atoms in total. The molecule has 1 heterocycles. The van der Waals surface area contributed by atoms with Gasteiger partial charge in [-0.25, -0.2) is 0 Å². The second kappa shape index (κ2) is 2.97. The van der Waals surface area contributed by atoms with E-state index in [2.05, 4.69) is 24.2 Å². The van der Waals surface area contributed by atoms with Gasteiger partial charge in [-0.2, -0.15) is 0 Å². The second-order valence-electron chi connectivity index (χ2n) is 2.71. The first-order valence-corrected chi connectivity index (χ1v) is 3.53. The predicted molar refractivity (Wildman–Crippen MR) is 40.0 cm³/mol. The molecular weight excluding hydrogens is 112 g/mol. The average molecular weight is 126 g/mol. The van der Waals surface area contributed by atoms with Gasteiger partial charge in [0, 0.05) is 19.3 Å². The van der Waals surface area contributed by atoms with Crippen LogP contribution in [-0.2, 0) is 0 Å². The second-order valence-corrected chi connectivity index (χ2v) is 2.71. The molecule has 0 aromatic carbocycles. The van der Waals surface area contributed by atoms with Crippen LogP contribution < -0.4 is 5.32 Å². The third-order valence-electron chi connectivity index (χ3n) is 1.87. The fourth-order valence-electron chi connectivity index (χ4n) is 0.912. The molecule has 1 rings (SSSR count). The smallest absolute Gasteiger partial charge is 0.0505 e. The lowest BCUT2D eigenvalue weighted by molar-refractivity contribution is 0.473. The monoisotopic (exact) mass is 126 g/mol. The highest BCUT2D eigenvalue weighted by Gasteiger charge is 2.10. The van der Waals surface area contributed by atoms with E-state index in [1.54, 1.807) is 0 Å². The Hall–Kier alpha value is -0.370. The maximum atomic E-state index is 4.32. The van der Waals surface area contributed by atoms with Gasteiger partial charge in [-0.05, 0) is 12.8 Å².